The van der Waals surface area contributed by atoms with Crippen molar-refractivity contribution in [2.75, 3.05) is 18.0 Å². The summed E-state index contributed by atoms with van der Waals surface area (Å²) in [6, 6.07) is 16.5. The van der Waals surface area contributed by atoms with Crippen molar-refractivity contribution in [3.8, 4) is 6.07 Å². The van der Waals surface area contributed by atoms with Crippen LogP contribution in [0.15, 0.2) is 59.1 Å². The van der Waals surface area contributed by atoms with E-state index < -0.39 is 5.25 Å². The van der Waals surface area contributed by atoms with Crippen LogP contribution < -0.4 is 4.90 Å². The highest BCUT2D eigenvalue weighted by atomic mass is 35.5. The van der Waals surface area contributed by atoms with Crippen molar-refractivity contribution in [1.29, 1.82) is 5.26 Å². The number of benzene rings is 2. The molecule has 0 spiro atoms. The Hall–Kier alpha value is -2.46. The molecule has 2 aromatic carbocycles. The maximum Gasteiger partial charge on any atom is 0.267 e. The number of hydrogen-bond donors (Lipinski definition) is 0. The number of piperidine rings is 1. The molecule has 2 heterocycles. The molecule has 0 bridgehead atoms. The summed E-state index contributed by atoms with van der Waals surface area (Å²) in [6.07, 6.45) is 3.26. The van der Waals surface area contributed by atoms with Gasteiger partial charge < -0.3 is 4.90 Å². The number of nitriles is 1. The van der Waals surface area contributed by atoms with Crippen LogP contribution in [0.5, 0.6) is 0 Å². The largest absolute Gasteiger partial charge is 0.338 e. The highest BCUT2D eigenvalue weighted by Crippen LogP contribution is 2.43. The quantitative estimate of drug-likeness (QED) is 0.427. The van der Waals surface area contributed by atoms with Crippen molar-refractivity contribution in [2.45, 2.75) is 30.9 Å². The molecule has 2 aromatic rings. The van der Waals surface area contributed by atoms with E-state index in [9.17, 15) is 14.9 Å². The summed E-state index contributed by atoms with van der Waals surface area (Å²) in [6.45, 7) is 1.26. The first-order valence-corrected chi connectivity index (χ1v) is 12.1. The van der Waals surface area contributed by atoms with Crippen molar-refractivity contribution in [1.82, 2.24) is 4.90 Å². The summed E-state index contributed by atoms with van der Waals surface area (Å²) in [5.74, 6) is -0.503. The lowest BCUT2D eigenvalue weighted by molar-refractivity contribution is -0.127. The minimum absolute atomic E-state index is 0.00814. The van der Waals surface area contributed by atoms with Gasteiger partial charge in [0.1, 0.15) is 16.7 Å². The zero-order valence-corrected chi connectivity index (χ0v) is 19.6. The van der Waals surface area contributed by atoms with E-state index >= 15 is 0 Å². The molecule has 0 aromatic heterocycles. The first-order chi connectivity index (χ1) is 15.5. The van der Waals surface area contributed by atoms with Crippen molar-refractivity contribution in [2.24, 2.45) is 0 Å². The molecular weight excluding hydrogens is 465 g/mol. The van der Waals surface area contributed by atoms with Gasteiger partial charge in [-0.15, -0.1) is 0 Å². The number of hydrogen-bond acceptors (Lipinski definition) is 4. The van der Waals surface area contributed by atoms with Gasteiger partial charge in [-0.1, -0.05) is 65.3 Å². The second kappa shape index (κ2) is 9.99. The number of thioether (sulfide) groups is 1. The van der Waals surface area contributed by atoms with Crippen LogP contribution in [-0.4, -0.2) is 35.1 Å². The van der Waals surface area contributed by atoms with Gasteiger partial charge in [-0.3, -0.25) is 14.5 Å². The van der Waals surface area contributed by atoms with E-state index in [1.807, 2.05) is 24.3 Å². The van der Waals surface area contributed by atoms with Crippen molar-refractivity contribution < 1.29 is 9.59 Å². The fraction of sp³-hybridized carbons (Fsp3) is 0.292. The summed E-state index contributed by atoms with van der Waals surface area (Å²) >= 11 is 13.8. The molecule has 164 valence electrons. The van der Waals surface area contributed by atoms with E-state index in [0.717, 1.165) is 24.8 Å². The molecule has 2 amide bonds. The SMILES string of the molecule is N#C/C(C(=O)N1CCCCC1)=C1/S[C@@H](Cc2cccc(Cl)c2Cl)C(=O)N1c1ccccc1. The summed E-state index contributed by atoms with van der Waals surface area (Å²) in [4.78, 5) is 29.9. The van der Waals surface area contributed by atoms with E-state index in [0.29, 0.717) is 40.3 Å². The summed E-state index contributed by atoms with van der Waals surface area (Å²) in [5, 5.41) is 10.6. The third-order valence-corrected chi connectivity index (χ3v) is 7.71. The predicted octanol–water partition coefficient (Wildman–Crippen LogP) is 5.43. The fourth-order valence-corrected chi connectivity index (χ4v) is 5.64. The molecule has 0 N–H and O–H groups in total. The fourth-order valence-electron chi connectivity index (χ4n) is 3.95. The molecular formula is C24H21Cl2N3O2S. The number of anilines is 1. The predicted molar refractivity (Wildman–Crippen MR) is 129 cm³/mol. The van der Waals surface area contributed by atoms with Crippen LogP contribution in [0.2, 0.25) is 10.0 Å². The van der Waals surface area contributed by atoms with Gasteiger partial charge in [0.05, 0.1) is 15.3 Å². The van der Waals surface area contributed by atoms with Crippen LogP contribution in [0.4, 0.5) is 5.69 Å². The summed E-state index contributed by atoms with van der Waals surface area (Å²) < 4.78 is 0. The normalized spacial score (nSPS) is 20.3. The molecule has 2 saturated heterocycles. The number of para-hydroxylation sites is 1. The van der Waals surface area contributed by atoms with Crippen LogP contribution in [0.25, 0.3) is 0 Å². The molecule has 1 atom stereocenters. The Morgan fingerprint density at radius 2 is 1.78 bits per heavy atom. The van der Waals surface area contributed by atoms with E-state index in [2.05, 4.69) is 6.07 Å². The smallest absolute Gasteiger partial charge is 0.267 e. The number of nitrogens with zero attached hydrogens (tertiary/aromatic N) is 3. The number of halogens is 2. The Kier molecular flexibility index (Phi) is 7.10. The van der Waals surface area contributed by atoms with Crippen molar-refractivity contribution in [3.05, 3.63) is 74.7 Å². The number of amides is 2. The van der Waals surface area contributed by atoms with Gasteiger partial charge >= 0.3 is 0 Å². The molecule has 2 aliphatic heterocycles. The van der Waals surface area contributed by atoms with Gasteiger partial charge in [-0.05, 0) is 49.4 Å². The van der Waals surface area contributed by atoms with Crippen molar-refractivity contribution in [3.63, 3.8) is 0 Å². The lowest BCUT2D eigenvalue weighted by Crippen LogP contribution is -2.37. The monoisotopic (exact) mass is 485 g/mol. The van der Waals surface area contributed by atoms with E-state index in [4.69, 9.17) is 23.2 Å². The molecule has 0 unspecified atom stereocenters. The molecule has 0 radical (unpaired) electrons. The topological polar surface area (TPSA) is 64.4 Å². The second-order valence-electron chi connectivity index (χ2n) is 7.68. The Balaban J connectivity index is 1.74. The highest BCUT2D eigenvalue weighted by Gasteiger charge is 2.41. The molecule has 0 aliphatic carbocycles. The number of likely N-dealkylation sites (tertiary alicyclic amines) is 1. The molecule has 4 rings (SSSR count). The first-order valence-electron chi connectivity index (χ1n) is 10.4. The molecule has 32 heavy (non-hydrogen) atoms. The Morgan fingerprint density at radius 3 is 2.47 bits per heavy atom. The van der Waals surface area contributed by atoms with Crippen LogP contribution in [0.3, 0.4) is 0 Å². The second-order valence-corrected chi connectivity index (χ2v) is 9.65. The van der Waals surface area contributed by atoms with E-state index in [-0.39, 0.29) is 17.4 Å². The van der Waals surface area contributed by atoms with E-state index in [1.54, 1.807) is 29.2 Å². The van der Waals surface area contributed by atoms with Crippen LogP contribution >= 0.6 is 35.0 Å². The maximum absolute atomic E-state index is 13.5. The highest BCUT2D eigenvalue weighted by molar-refractivity contribution is 8.05. The maximum atomic E-state index is 13.5. The number of carbonyl (C=O) groups excluding carboxylic acids is 2. The minimum atomic E-state index is -0.529. The Morgan fingerprint density at radius 1 is 1.06 bits per heavy atom. The summed E-state index contributed by atoms with van der Waals surface area (Å²) in [5.41, 5.74) is 1.38. The standard InChI is InChI=1S/C24H21Cl2N3O2S/c25-19-11-7-8-16(21(19)26)14-20-23(31)29(17-9-3-1-4-10-17)24(32-20)18(15-27)22(30)28-12-5-2-6-13-28/h1,3-4,7-11,20H,2,5-6,12-14H2/b24-18-/t20-/m0/s1. The van der Waals surface area contributed by atoms with Gasteiger partial charge in [-0.25, -0.2) is 0 Å². The van der Waals surface area contributed by atoms with E-state index in [1.165, 1.54) is 16.7 Å². The minimum Gasteiger partial charge on any atom is -0.338 e. The Labute approximate surface area is 201 Å². The number of carbonyl (C=O) groups is 2. The van der Waals surface area contributed by atoms with Crippen molar-refractivity contribution >= 4 is 52.5 Å². The van der Waals surface area contributed by atoms with Gasteiger partial charge in [0.15, 0.2) is 0 Å². The van der Waals surface area contributed by atoms with Crippen LogP contribution in [-0.2, 0) is 16.0 Å². The molecule has 2 fully saturated rings. The van der Waals surface area contributed by atoms with Crippen LogP contribution in [0.1, 0.15) is 24.8 Å². The Bertz CT molecular complexity index is 1110. The molecule has 2 aliphatic rings. The first kappa shape index (κ1) is 22.7. The van der Waals surface area contributed by atoms with Gasteiger partial charge in [-0.2, -0.15) is 5.26 Å². The lowest BCUT2D eigenvalue weighted by Gasteiger charge is -2.27. The number of rotatable bonds is 4. The average Bonchev–Trinajstić information content (AvgIpc) is 3.14. The van der Waals surface area contributed by atoms with Gasteiger partial charge in [0.25, 0.3) is 5.91 Å². The zero-order valence-electron chi connectivity index (χ0n) is 17.3. The summed E-state index contributed by atoms with van der Waals surface area (Å²) in [7, 11) is 0. The average molecular weight is 486 g/mol. The van der Waals surface area contributed by atoms with Crippen LogP contribution in [0, 0.1) is 11.3 Å². The lowest BCUT2D eigenvalue weighted by atomic mass is 10.1. The molecule has 5 nitrogen and oxygen atoms in total. The van der Waals surface area contributed by atoms with Gasteiger partial charge in [0.2, 0.25) is 5.91 Å². The molecule has 0 saturated carbocycles. The zero-order chi connectivity index (χ0) is 22.7. The van der Waals surface area contributed by atoms with Gasteiger partial charge in [0, 0.05) is 18.8 Å². The molecule has 8 heteroatoms. The third kappa shape index (κ3) is 4.52. The third-order valence-electron chi connectivity index (χ3n) is 5.59.